The van der Waals surface area contributed by atoms with Gasteiger partial charge in [0, 0.05) is 11.4 Å². The zero-order valence-electron chi connectivity index (χ0n) is 14.6. The van der Waals surface area contributed by atoms with Crippen molar-refractivity contribution in [2.75, 3.05) is 27.2 Å². The van der Waals surface area contributed by atoms with Gasteiger partial charge in [-0.3, -0.25) is 9.59 Å². The summed E-state index contributed by atoms with van der Waals surface area (Å²) in [5.74, 6) is -0.569. The zero-order chi connectivity index (χ0) is 18.4. The van der Waals surface area contributed by atoms with E-state index in [-0.39, 0.29) is 11.8 Å². The highest BCUT2D eigenvalue weighted by Crippen LogP contribution is 2.18. The van der Waals surface area contributed by atoms with Gasteiger partial charge in [0.25, 0.3) is 5.91 Å². The van der Waals surface area contributed by atoms with Crippen LogP contribution in [-0.2, 0) is 14.4 Å². The third-order valence-corrected chi connectivity index (χ3v) is 4.07. The second-order valence-corrected chi connectivity index (χ2v) is 6.76. The fourth-order valence-electron chi connectivity index (χ4n) is 2.29. The maximum atomic E-state index is 12.3. The number of nitrogens with zero attached hydrogens (tertiary/aromatic N) is 1. The van der Waals surface area contributed by atoms with E-state index in [9.17, 15) is 9.59 Å². The van der Waals surface area contributed by atoms with Gasteiger partial charge in [-0.1, -0.05) is 28.9 Å². The van der Waals surface area contributed by atoms with Crippen LogP contribution in [0.3, 0.4) is 0 Å². The molecule has 1 aromatic rings. The molecule has 0 saturated heterocycles. The lowest BCUT2D eigenvalue weighted by molar-refractivity contribution is -0.856. The molecule has 1 aliphatic rings. The lowest BCUT2D eigenvalue weighted by Crippen LogP contribution is -3.06. The van der Waals surface area contributed by atoms with Gasteiger partial charge in [-0.25, -0.2) is 0 Å². The minimum absolute atomic E-state index is 0.216. The quantitative estimate of drug-likeness (QED) is 0.613. The molecule has 0 spiro atoms. The zero-order valence-corrected chi connectivity index (χ0v) is 15.4. The average molecular weight is 368 g/mol. The molecule has 0 fully saturated rings. The van der Waals surface area contributed by atoms with Gasteiger partial charge >= 0.3 is 0 Å². The van der Waals surface area contributed by atoms with E-state index in [1.807, 2.05) is 26.2 Å². The molecule has 3 N–H and O–H groups in total. The number of hydrogen-bond donors (Lipinski definition) is 3. The number of hydrogen-bond acceptors (Lipinski definition) is 4. The number of quaternary nitrogens is 1. The van der Waals surface area contributed by atoms with Crippen molar-refractivity contribution in [3.05, 3.63) is 34.9 Å². The van der Waals surface area contributed by atoms with Gasteiger partial charge in [-0.05, 0) is 24.6 Å². The molecule has 136 valence electrons. The molecule has 7 nitrogen and oxygen atoms in total. The molecule has 0 aliphatic carbocycles. The highest BCUT2D eigenvalue weighted by molar-refractivity contribution is 6.30. The maximum absolute atomic E-state index is 12.3. The van der Waals surface area contributed by atoms with Crippen molar-refractivity contribution in [2.45, 2.75) is 25.5 Å². The van der Waals surface area contributed by atoms with Crippen LogP contribution >= 0.6 is 11.6 Å². The maximum Gasteiger partial charge on any atom is 0.264 e. The number of carbonyl (C=O) groups excluding carboxylic acids is 2. The van der Waals surface area contributed by atoms with Crippen molar-refractivity contribution in [2.24, 2.45) is 5.16 Å². The van der Waals surface area contributed by atoms with Crippen LogP contribution in [0, 0.1) is 0 Å². The molecule has 0 saturated carbocycles. The first-order valence-corrected chi connectivity index (χ1v) is 8.60. The van der Waals surface area contributed by atoms with Crippen molar-refractivity contribution in [1.29, 1.82) is 0 Å². The van der Waals surface area contributed by atoms with Crippen LogP contribution in [0.25, 0.3) is 0 Å². The molecule has 0 bridgehead atoms. The smallest absolute Gasteiger partial charge is 0.264 e. The Labute approximate surface area is 152 Å². The summed E-state index contributed by atoms with van der Waals surface area (Å²) in [7, 11) is 4.01. The number of benzene rings is 1. The van der Waals surface area contributed by atoms with Gasteiger partial charge < -0.3 is 20.4 Å². The van der Waals surface area contributed by atoms with Crippen LogP contribution in [0.4, 0.5) is 0 Å². The lowest BCUT2D eigenvalue weighted by atomic mass is 10.0. The van der Waals surface area contributed by atoms with E-state index >= 15 is 0 Å². The largest absolute Gasteiger partial charge is 0.382 e. The molecule has 0 radical (unpaired) electrons. The normalized spacial score (nSPS) is 17.6. The summed E-state index contributed by atoms with van der Waals surface area (Å²) in [6.07, 6.45) is -0.377. The predicted octanol–water partition coefficient (Wildman–Crippen LogP) is -0.402. The Hall–Kier alpha value is -2.12. The predicted molar refractivity (Wildman–Crippen MR) is 95.8 cm³/mol. The SMILES string of the molecule is C[C@H](NC(=O)[C@H]1CC(c2ccc(Cl)cc2)=NO1)C(=O)NCC[NH+](C)C. The van der Waals surface area contributed by atoms with Crippen molar-refractivity contribution in [3.63, 3.8) is 0 Å². The van der Waals surface area contributed by atoms with E-state index in [1.165, 1.54) is 4.90 Å². The number of amides is 2. The van der Waals surface area contributed by atoms with Crippen molar-refractivity contribution >= 4 is 29.1 Å². The molecule has 1 heterocycles. The van der Waals surface area contributed by atoms with Gasteiger partial charge in [0.15, 0.2) is 0 Å². The summed E-state index contributed by atoms with van der Waals surface area (Å²) in [5, 5.41) is 10.1. The minimum atomic E-state index is -0.729. The molecule has 25 heavy (non-hydrogen) atoms. The summed E-state index contributed by atoms with van der Waals surface area (Å²) in [5.41, 5.74) is 1.54. The van der Waals surface area contributed by atoms with Gasteiger partial charge in [0.2, 0.25) is 12.0 Å². The van der Waals surface area contributed by atoms with Gasteiger partial charge in [0.1, 0.15) is 6.04 Å². The third-order valence-electron chi connectivity index (χ3n) is 3.82. The van der Waals surface area contributed by atoms with Crippen LogP contribution in [0.5, 0.6) is 0 Å². The van der Waals surface area contributed by atoms with E-state index in [1.54, 1.807) is 19.1 Å². The molecule has 1 aliphatic heterocycles. The minimum Gasteiger partial charge on any atom is -0.382 e. The summed E-state index contributed by atoms with van der Waals surface area (Å²) in [4.78, 5) is 30.7. The molecule has 8 heteroatoms. The van der Waals surface area contributed by atoms with E-state index in [2.05, 4.69) is 15.8 Å². The first-order chi connectivity index (χ1) is 11.9. The van der Waals surface area contributed by atoms with E-state index in [0.29, 0.717) is 23.7 Å². The second-order valence-electron chi connectivity index (χ2n) is 6.32. The monoisotopic (exact) mass is 367 g/mol. The fraction of sp³-hybridized carbons (Fsp3) is 0.471. The molecule has 2 amide bonds. The Kier molecular flexibility index (Phi) is 6.78. The Morgan fingerprint density at radius 2 is 2.04 bits per heavy atom. The van der Waals surface area contributed by atoms with Crippen LogP contribution in [0.1, 0.15) is 18.9 Å². The molecule has 0 aromatic heterocycles. The van der Waals surface area contributed by atoms with Crippen LogP contribution < -0.4 is 15.5 Å². The summed E-state index contributed by atoms with van der Waals surface area (Å²) >= 11 is 5.86. The van der Waals surface area contributed by atoms with Crippen molar-refractivity contribution in [3.8, 4) is 0 Å². The highest BCUT2D eigenvalue weighted by Gasteiger charge is 2.30. The number of carbonyl (C=O) groups is 2. The van der Waals surface area contributed by atoms with E-state index < -0.39 is 12.1 Å². The van der Waals surface area contributed by atoms with Crippen LogP contribution in [-0.4, -0.2) is 56.9 Å². The summed E-state index contributed by atoms with van der Waals surface area (Å²) < 4.78 is 0. The fourth-order valence-corrected chi connectivity index (χ4v) is 2.42. The molecule has 2 atom stereocenters. The first kappa shape index (κ1) is 19.2. The highest BCUT2D eigenvalue weighted by atomic mass is 35.5. The number of halogens is 1. The van der Waals surface area contributed by atoms with Crippen LogP contribution in [0.2, 0.25) is 5.02 Å². The topological polar surface area (TPSA) is 84.2 Å². The Morgan fingerprint density at radius 3 is 2.68 bits per heavy atom. The molecule has 1 aromatic carbocycles. The number of likely N-dealkylation sites (N-methyl/N-ethyl adjacent to an activating group) is 1. The number of rotatable bonds is 7. The first-order valence-electron chi connectivity index (χ1n) is 8.22. The molecular formula is C17H24ClN4O3+. The average Bonchev–Trinajstić information content (AvgIpc) is 3.05. The van der Waals surface area contributed by atoms with Crippen molar-refractivity contribution < 1.29 is 19.3 Å². The molecular weight excluding hydrogens is 344 g/mol. The van der Waals surface area contributed by atoms with E-state index in [4.69, 9.17) is 16.4 Å². The summed E-state index contributed by atoms with van der Waals surface area (Å²) in [6.45, 7) is 3.02. The van der Waals surface area contributed by atoms with Gasteiger partial charge in [-0.15, -0.1) is 0 Å². The van der Waals surface area contributed by atoms with Crippen LogP contribution in [0.15, 0.2) is 29.4 Å². The Morgan fingerprint density at radius 1 is 1.36 bits per heavy atom. The standard InChI is InChI=1S/C17H23ClN4O3/c1-11(16(23)19-8-9-22(2)3)20-17(24)15-10-14(21-25-15)12-4-6-13(18)7-5-12/h4-7,11,15H,8-10H2,1-3H3,(H,19,23)(H,20,24)/p+1/t11-,15+/m0/s1. The van der Waals surface area contributed by atoms with E-state index in [0.717, 1.165) is 12.1 Å². The molecule has 2 rings (SSSR count). The summed E-state index contributed by atoms with van der Waals surface area (Å²) in [6, 6.07) is 6.54. The third kappa shape index (κ3) is 5.72. The Balaban J connectivity index is 1.80. The van der Waals surface area contributed by atoms with Crippen molar-refractivity contribution in [1.82, 2.24) is 10.6 Å². The lowest BCUT2D eigenvalue weighted by Gasteiger charge is -2.16. The van der Waals surface area contributed by atoms with Gasteiger partial charge in [-0.2, -0.15) is 0 Å². The number of nitrogens with one attached hydrogen (secondary N) is 3. The second kappa shape index (κ2) is 8.82. The molecule has 0 unspecified atom stereocenters. The number of oxime groups is 1. The Bertz CT molecular complexity index is 646. The van der Waals surface area contributed by atoms with Gasteiger partial charge in [0.05, 0.1) is 32.9 Å².